The van der Waals surface area contributed by atoms with Crippen molar-refractivity contribution in [1.29, 1.82) is 0 Å². The fourth-order valence-corrected chi connectivity index (χ4v) is 1.91. The minimum Gasteiger partial charge on any atom is -0.497 e. The second-order valence-corrected chi connectivity index (χ2v) is 4.54. The highest BCUT2D eigenvalue weighted by atomic mass is 16.5. The first-order valence-corrected chi connectivity index (χ1v) is 6.53. The lowest BCUT2D eigenvalue weighted by Crippen LogP contribution is -2.36. The smallest absolute Gasteiger partial charge is 0.253 e. The van der Waals surface area contributed by atoms with E-state index >= 15 is 0 Å². The number of carbonyl (C=O) groups excluding carboxylic acids is 1. The van der Waals surface area contributed by atoms with E-state index in [1.165, 1.54) is 6.20 Å². The van der Waals surface area contributed by atoms with Gasteiger partial charge in [-0.2, -0.15) is 0 Å². The van der Waals surface area contributed by atoms with Crippen molar-refractivity contribution in [2.45, 2.75) is 19.4 Å². The molecule has 5 nitrogen and oxygen atoms in total. The Labute approximate surface area is 117 Å². The van der Waals surface area contributed by atoms with Gasteiger partial charge in [-0.15, -0.1) is 0 Å². The minimum atomic E-state index is -0.233. The van der Waals surface area contributed by atoms with Gasteiger partial charge in [0, 0.05) is 11.6 Å². The van der Waals surface area contributed by atoms with Gasteiger partial charge in [-0.05, 0) is 30.7 Å². The number of hydrogen-bond donors (Lipinski definition) is 2. The lowest BCUT2D eigenvalue weighted by atomic mass is 10.1. The normalized spacial score (nSPS) is 12.2. The Hall–Kier alpha value is -2.14. The van der Waals surface area contributed by atoms with Crippen molar-refractivity contribution >= 4 is 16.8 Å². The van der Waals surface area contributed by atoms with Gasteiger partial charge in [0.2, 0.25) is 0 Å². The van der Waals surface area contributed by atoms with Gasteiger partial charge in [0.25, 0.3) is 5.91 Å². The summed E-state index contributed by atoms with van der Waals surface area (Å²) in [5.74, 6) is 0.488. The molecule has 106 valence electrons. The maximum absolute atomic E-state index is 12.1. The van der Waals surface area contributed by atoms with Crippen molar-refractivity contribution in [3.8, 4) is 5.75 Å². The molecule has 0 saturated carbocycles. The van der Waals surface area contributed by atoms with E-state index in [1.807, 2.05) is 25.1 Å². The van der Waals surface area contributed by atoms with E-state index in [0.29, 0.717) is 12.0 Å². The summed E-state index contributed by atoms with van der Waals surface area (Å²) in [5.41, 5.74) is 1.27. The molecule has 2 aromatic rings. The molecule has 0 fully saturated rings. The number of nitrogens with zero attached hydrogens (tertiary/aromatic N) is 1. The first kappa shape index (κ1) is 14.3. The highest BCUT2D eigenvalue weighted by molar-refractivity contribution is 5.97. The maximum Gasteiger partial charge on any atom is 0.253 e. The SMILES string of the molecule is CCC(CO)NC(=O)c1cnc2ccc(OC)cc2c1. The summed E-state index contributed by atoms with van der Waals surface area (Å²) in [4.78, 5) is 16.3. The van der Waals surface area contributed by atoms with Gasteiger partial charge in [-0.3, -0.25) is 9.78 Å². The monoisotopic (exact) mass is 274 g/mol. The molecule has 0 aliphatic heterocycles. The second-order valence-electron chi connectivity index (χ2n) is 4.54. The Bertz CT molecular complexity index is 609. The summed E-state index contributed by atoms with van der Waals surface area (Å²) in [6.07, 6.45) is 2.21. The Morgan fingerprint density at radius 3 is 2.90 bits per heavy atom. The topological polar surface area (TPSA) is 71.5 Å². The zero-order chi connectivity index (χ0) is 14.5. The van der Waals surface area contributed by atoms with Crippen LogP contribution in [0.1, 0.15) is 23.7 Å². The van der Waals surface area contributed by atoms with Gasteiger partial charge >= 0.3 is 0 Å². The van der Waals surface area contributed by atoms with Crippen molar-refractivity contribution in [3.63, 3.8) is 0 Å². The summed E-state index contributed by atoms with van der Waals surface area (Å²) in [7, 11) is 1.60. The van der Waals surface area contributed by atoms with Gasteiger partial charge in [0.15, 0.2) is 0 Å². The summed E-state index contributed by atoms with van der Waals surface area (Å²) in [6, 6.07) is 7.04. The largest absolute Gasteiger partial charge is 0.497 e. The Kier molecular flexibility index (Phi) is 4.53. The highest BCUT2D eigenvalue weighted by Crippen LogP contribution is 2.20. The molecule has 0 spiro atoms. The first-order chi connectivity index (χ1) is 9.67. The molecule has 0 saturated heterocycles. The Balaban J connectivity index is 2.28. The summed E-state index contributed by atoms with van der Waals surface area (Å²) >= 11 is 0. The molecule has 1 heterocycles. The molecular formula is C15H18N2O3. The zero-order valence-electron chi connectivity index (χ0n) is 11.6. The van der Waals surface area contributed by atoms with Crippen LogP contribution in [0.2, 0.25) is 0 Å². The predicted octanol–water partition coefficient (Wildman–Crippen LogP) is 1.74. The molecule has 0 radical (unpaired) electrons. The van der Waals surface area contributed by atoms with Crippen molar-refractivity contribution < 1.29 is 14.6 Å². The van der Waals surface area contributed by atoms with Crippen molar-refractivity contribution in [3.05, 3.63) is 36.0 Å². The number of nitrogens with one attached hydrogen (secondary N) is 1. The molecule has 2 rings (SSSR count). The van der Waals surface area contributed by atoms with E-state index in [1.54, 1.807) is 13.2 Å². The van der Waals surface area contributed by atoms with Gasteiger partial charge in [-0.1, -0.05) is 6.92 Å². The van der Waals surface area contributed by atoms with Crippen LogP contribution in [-0.2, 0) is 0 Å². The maximum atomic E-state index is 12.1. The molecule has 20 heavy (non-hydrogen) atoms. The van der Waals surface area contributed by atoms with E-state index in [9.17, 15) is 4.79 Å². The number of fused-ring (bicyclic) bond motifs is 1. The molecule has 0 aliphatic rings. The van der Waals surface area contributed by atoms with Crippen LogP contribution in [0, 0.1) is 0 Å². The Morgan fingerprint density at radius 2 is 2.25 bits per heavy atom. The highest BCUT2D eigenvalue weighted by Gasteiger charge is 2.12. The molecule has 1 atom stereocenters. The van der Waals surface area contributed by atoms with Gasteiger partial charge in [0.1, 0.15) is 5.75 Å². The summed E-state index contributed by atoms with van der Waals surface area (Å²) < 4.78 is 5.16. The Morgan fingerprint density at radius 1 is 1.45 bits per heavy atom. The molecule has 1 aromatic carbocycles. The number of methoxy groups -OCH3 is 1. The number of pyridine rings is 1. The number of aromatic nitrogens is 1. The van der Waals surface area contributed by atoms with Crippen molar-refractivity contribution in [2.24, 2.45) is 0 Å². The van der Waals surface area contributed by atoms with E-state index < -0.39 is 0 Å². The van der Waals surface area contributed by atoms with Crippen LogP contribution in [-0.4, -0.2) is 35.8 Å². The zero-order valence-corrected chi connectivity index (χ0v) is 11.6. The standard InChI is InChI=1S/C15H18N2O3/c1-3-12(9-18)17-15(19)11-6-10-7-13(20-2)4-5-14(10)16-8-11/h4-8,12,18H,3,9H2,1-2H3,(H,17,19). The molecule has 2 N–H and O–H groups in total. The van der Waals surface area contributed by atoms with Crippen LogP contribution < -0.4 is 10.1 Å². The number of amides is 1. The lowest BCUT2D eigenvalue weighted by molar-refractivity contribution is 0.0914. The number of aliphatic hydroxyl groups excluding tert-OH is 1. The van der Waals surface area contributed by atoms with Crippen LogP contribution in [0.3, 0.4) is 0 Å². The van der Waals surface area contributed by atoms with E-state index in [-0.39, 0.29) is 18.6 Å². The number of benzene rings is 1. The van der Waals surface area contributed by atoms with E-state index in [2.05, 4.69) is 10.3 Å². The molecule has 0 aliphatic carbocycles. The second kappa shape index (κ2) is 6.34. The molecule has 0 bridgehead atoms. The molecule has 1 amide bonds. The number of rotatable bonds is 5. The third kappa shape index (κ3) is 3.05. The molecule has 1 aromatic heterocycles. The van der Waals surface area contributed by atoms with Crippen molar-refractivity contribution in [1.82, 2.24) is 10.3 Å². The predicted molar refractivity (Wildman–Crippen MR) is 76.9 cm³/mol. The third-order valence-corrected chi connectivity index (χ3v) is 3.20. The number of carbonyl (C=O) groups is 1. The number of ether oxygens (including phenoxy) is 1. The quantitative estimate of drug-likeness (QED) is 0.871. The summed E-state index contributed by atoms with van der Waals surface area (Å²) in [6.45, 7) is 1.84. The minimum absolute atomic E-state index is 0.0723. The number of aliphatic hydroxyl groups is 1. The first-order valence-electron chi connectivity index (χ1n) is 6.53. The van der Waals surface area contributed by atoms with Crippen LogP contribution in [0.5, 0.6) is 5.75 Å². The van der Waals surface area contributed by atoms with E-state index in [0.717, 1.165) is 16.7 Å². The lowest BCUT2D eigenvalue weighted by Gasteiger charge is -2.14. The average molecular weight is 274 g/mol. The van der Waals surface area contributed by atoms with Gasteiger partial charge < -0.3 is 15.2 Å². The van der Waals surface area contributed by atoms with E-state index in [4.69, 9.17) is 9.84 Å². The van der Waals surface area contributed by atoms with Crippen molar-refractivity contribution in [2.75, 3.05) is 13.7 Å². The third-order valence-electron chi connectivity index (χ3n) is 3.20. The van der Waals surface area contributed by atoms with Crippen LogP contribution >= 0.6 is 0 Å². The van der Waals surface area contributed by atoms with Crippen LogP contribution in [0.25, 0.3) is 10.9 Å². The average Bonchev–Trinajstić information content (AvgIpc) is 2.51. The van der Waals surface area contributed by atoms with Gasteiger partial charge in [0.05, 0.1) is 30.8 Å². The fraction of sp³-hybridized carbons (Fsp3) is 0.333. The molecular weight excluding hydrogens is 256 g/mol. The molecule has 1 unspecified atom stereocenters. The van der Waals surface area contributed by atoms with Crippen LogP contribution in [0.15, 0.2) is 30.5 Å². The molecule has 5 heteroatoms. The fourth-order valence-electron chi connectivity index (χ4n) is 1.91. The van der Waals surface area contributed by atoms with Crippen LogP contribution in [0.4, 0.5) is 0 Å². The number of hydrogen-bond acceptors (Lipinski definition) is 4. The van der Waals surface area contributed by atoms with Gasteiger partial charge in [-0.25, -0.2) is 0 Å². The summed E-state index contributed by atoms with van der Waals surface area (Å²) in [5, 5.41) is 12.7.